The molecule has 1 aromatic carbocycles. The average Bonchev–Trinajstić information content (AvgIpc) is 2.82. The van der Waals surface area contributed by atoms with Gasteiger partial charge in [0.25, 0.3) is 0 Å². The zero-order valence-corrected chi connectivity index (χ0v) is 11.5. The van der Waals surface area contributed by atoms with Crippen molar-refractivity contribution >= 4 is 5.69 Å². The van der Waals surface area contributed by atoms with Crippen LogP contribution in [0.25, 0.3) is 0 Å². The molecule has 4 nitrogen and oxygen atoms in total. The zero-order valence-electron chi connectivity index (χ0n) is 11.5. The van der Waals surface area contributed by atoms with Crippen molar-refractivity contribution in [3.8, 4) is 6.07 Å². The minimum Gasteiger partial charge on any atom is -0.379 e. The Bertz CT molecular complexity index is 587. The summed E-state index contributed by atoms with van der Waals surface area (Å²) in [6.45, 7) is 4.58. The Morgan fingerprint density at radius 2 is 2.00 bits per heavy atom. The average molecular weight is 254 g/mol. The van der Waals surface area contributed by atoms with E-state index in [2.05, 4.69) is 16.4 Å². The summed E-state index contributed by atoms with van der Waals surface area (Å²) < 4.78 is 1.99. The molecule has 2 aromatic rings. The van der Waals surface area contributed by atoms with E-state index in [1.165, 1.54) is 0 Å². The molecule has 0 aliphatic rings. The third kappa shape index (κ3) is 2.94. The van der Waals surface area contributed by atoms with Crippen LogP contribution in [0.15, 0.2) is 36.8 Å². The second-order valence-electron chi connectivity index (χ2n) is 5.16. The van der Waals surface area contributed by atoms with Crippen molar-refractivity contribution in [1.82, 2.24) is 9.55 Å². The first kappa shape index (κ1) is 13.2. The van der Waals surface area contributed by atoms with Crippen molar-refractivity contribution in [2.75, 3.05) is 5.32 Å². The fraction of sp³-hybridized carbons (Fsp3) is 0.333. The second-order valence-corrected chi connectivity index (χ2v) is 5.16. The quantitative estimate of drug-likeness (QED) is 0.912. The fourth-order valence-electron chi connectivity index (χ4n) is 1.82. The van der Waals surface area contributed by atoms with Gasteiger partial charge in [0.1, 0.15) is 0 Å². The normalized spacial score (nSPS) is 11.1. The predicted molar refractivity (Wildman–Crippen MR) is 75.6 cm³/mol. The van der Waals surface area contributed by atoms with Gasteiger partial charge in [0, 0.05) is 18.9 Å². The third-order valence-electron chi connectivity index (χ3n) is 3.28. The topological polar surface area (TPSA) is 53.6 Å². The molecule has 0 aliphatic heterocycles. The van der Waals surface area contributed by atoms with Gasteiger partial charge < -0.3 is 9.88 Å². The SMILES string of the molecule is Cn1cncc1CNc1ccc(C(C)(C)C#N)cc1. The minimum atomic E-state index is -0.444. The predicted octanol–water partition coefficient (Wildman–Crippen LogP) is 2.83. The van der Waals surface area contributed by atoms with E-state index >= 15 is 0 Å². The number of hydrogen-bond acceptors (Lipinski definition) is 3. The Morgan fingerprint density at radius 3 is 2.53 bits per heavy atom. The van der Waals surface area contributed by atoms with Crippen LogP contribution in [0.1, 0.15) is 25.1 Å². The van der Waals surface area contributed by atoms with Gasteiger partial charge in [0.15, 0.2) is 0 Å². The summed E-state index contributed by atoms with van der Waals surface area (Å²) >= 11 is 0. The van der Waals surface area contributed by atoms with Crippen LogP contribution in [-0.2, 0) is 19.0 Å². The van der Waals surface area contributed by atoms with Crippen LogP contribution in [0.3, 0.4) is 0 Å². The largest absolute Gasteiger partial charge is 0.379 e. The summed E-state index contributed by atoms with van der Waals surface area (Å²) in [7, 11) is 1.97. The van der Waals surface area contributed by atoms with E-state index in [0.717, 1.165) is 23.5 Å². The highest BCUT2D eigenvalue weighted by Crippen LogP contribution is 2.23. The van der Waals surface area contributed by atoms with Crippen LogP contribution < -0.4 is 5.32 Å². The highest BCUT2D eigenvalue weighted by molar-refractivity contribution is 5.47. The van der Waals surface area contributed by atoms with Gasteiger partial charge in [-0.1, -0.05) is 12.1 Å². The number of rotatable bonds is 4. The molecular formula is C15H18N4. The van der Waals surface area contributed by atoms with Gasteiger partial charge in [-0.05, 0) is 31.5 Å². The molecule has 0 radical (unpaired) electrons. The van der Waals surface area contributed by atoms with E-state index in [1.807, 2.05) is 55.9 Å². The van der Waals surface area contributed by atoms with Gasteiger partial charge in [-0.25, -0.2) is 4.98 Å². The van der Waals surface area contributed by atoms with Gasteiger partial charge in [0.2, 0.25) is 0 Å². The van der Waals surface area contributed by atoms with Gasteiger partial charge in [-0.2, -0.15) is 5.26 Å². The van der Waals surface area contributed by atoms with Crippen molar-refractivity contribution in [3.63, 3.8) is 0 Å². The Kier molecular flexibility index (Phi) is 3.57. The van der Waals surface area contributed by atoms with E-state index in [-0.39, 0.29) is 0 Å². The Labute approximate surface area is 113 Å². The van der Waals surface area contributed by atoms with Crippen LogP contribution in [-0.4, -0.2) is 9.55 Å². The number of nitriles is 1. The summed E-state index contributed by atoms with van der Waals surface area (Å²) in [5, 5.41) is 12.4. The first-order valence-corrected chi connectivity index (χ1v) is 6.24. The summed E-state index contributed by atoms with van der Waals surface area (Å²) in [5.41, 5.74) is 2.75. The minimum absolute atomic E-state index is 0.444. The van der Waals surface area contributed by atoms with Crippen LogP contribution in [0.4, 0.5) is 5.69 Å². The summed E-state index contributed by atoms with van der Waals surface area (Å²) in [6, 6.07) is 10.3. The van der Waals surface area contributed by atoms with Gasteiger partial charge in [-0.3, -0.25) is 0 Å². The molecule has 1 N–H and O–H groups in total. The number of hydrogen-bond donors (Lipinski definition) is 1. The molecule has 1 aromatic heterocycles. The van der Waals surface area contributed by atoms with Gasteiger partial charge in [-0.15, -0.1) is 0 Å². The molecule has 4 heteroatoms. The molecule has 98 valence electrons. The number of nitrogens with zero attached hydrogens (tertiary/aromatic N) is 3. The van der Waals surface area contributed by atoms with E-state index < -0.39 is 5.41 Å². The Balaban J connectivity index is 2.04. The van der Waals surface area contributed by atoms with Crippen molar-refractivity contribution in [3.05, 3.63) is 48.0 Å². The fourth-order valence-corrected chi connectivity index (χ4v) is 1.82. The lowest BCUT2D eigenvalue weighted by Gasteiger charge is -2.16. The number of anilines is 1. The Hall–Kier alpha value is -2.28. The Morgan fingerprint density at radius 1 is 1.32 bits per heavy atom. The van der Waals surface area contributed by atoms with E-state index in [9.17, 15) is 0 Å². The van der Waals surface area contributed by atoms with Crippen molar-refractivity contribution in [1.29, 1.82) is 5.26 Å². The molecule has 0 amide bonds. The number of imidazole rings is 1. The van der Waals surface area contributed by atoms with Crippen LogP contribution in [0.2, 0.25) is 0 Å². The van der Waals surface area contributed by atoms with Gasteiger partial charge in [0.05, 0.1) is 30.1 Å². The lowest BCUT2D eigenvalue weighted by Crippen LogP contribution is -2.13. The highest BCUT2D eigenvalue weighted by Gasteiger charge is 2.18. The van der Waals surface area contributed by atoms with Crippen LogP contribution >= 0.6 is 0 Å². The summed E-state index contributed by atoms with van der Waals surface area (Å²) in [5.74, 6) is 0. The zero-order chi connectivity index (χ0) is 13.9. The molecule has 0 saturated carbocycles. The van der Waals surface area contributed by atoms with Gasteiger partial charge >= 0.3 is 0 Å². The molecule has 0 saturated heterocycles. The maximum absolute atomic E-state index is 9.10. The molecule has 0 fully saturated rings. The molecule has 2 rings (SSSR count). The highest BCUT2D eigenvalue weighted by atomic mass is 15.0. The second kappa shape index (κ2) is 5.15. The molecule has 0 aliphatic carbocycles. The molecule has 0 spiro atoms. The number of benzene rings is 1. The first-order chi connectivity index (χ1) is 9.03. The van der Waals surface area contributed by atoms with Crippen molar-refractivity contribution < 1.29 is 0 Å². The summed E-state index contributed by atoms with van der Waals surface area (Å²) in [6.07, 6.45) is 3.63. The lowest BCUT2D eigenvalue weighted by molar-refractivity contribution is 0.687. The molecule has 19 heavy (non-hydrogen) atoms. The molecular weight excluding hydrogens is 236 g/mol. The smallest absolute Gasteiger partial charge is 0.0946 e. The van der Waals surface area contributed by atoms with E-state index in [4.69, 9.17) is 5.26 Å². The van der Waals surface area contributed by atoms with E-state index in [1.54, 1.807) is 6.33 Å². The van der Waals surface area contributed by atoms with Crippen molar-refractivity contribution in [2.24, 2.45) is 7.05 Å². The van der Waals surface area contributed by atoms with Crippen molar-refractivity contribution in [2.45, 2.75) is 25.8 Å². The van der Waals surface area contributed by atoms with Crippen LogP contribution in [0.5, 0.6) is 0 Å². The lowest BCUT2D eigenvalue weighted by atomic mass is 9.86. The molecule has 0 atom stereocenters. The number of aromatic nitrogens is 2. The maximum Gasteiger partial charge on any atom is 0.0946 e. The number of aryl methyl sites for hydroxylation is 1. The molecule has 0 bridgehead atoms. The molecule has 0 unspecified atom stereocenters. The standard InChI is InChI=1S/C15H18N4/c1-15(2,10-16)12-4-6-13(7-5-12)18-9-14-8-17-11-19(14)3/h4-8,11,18H,9H2,1-3H3. The summed E-state index contributed by atoms with van der Waals surface area (Å²) in [4.78, 5) is 4.08. The monoisotopic (exact) mass is 254 g/mol. The maximum atomic E-state index is 9.10. The van der Waals surface area contributed by atoms with E-state index in [0.29, 0.717) is 0 Å². The van der Waals surface area contributed by atoms with Crippen LogP contribution in [0, 0.1) is 11.3 Å². The third-order valence-corrected chi connectivity index (χ3v) is 3.28. The number of nitrogens with one attached hydrogen (secondary N) is 1. The molecule has 1 heterocycles. The first-order valence-electron chi connectivity index (χ1n) is 6.24.